The van der Waals surface area contributed by atoms with Crippen molar-refractivity contribution in [3.8, 4) is 0 Å². The van der Waals surface area contributed by atoms with Crippen molar-refractivity contribution < 1.29 is 5.11 Å². The van der Waals surface area contributed by atoms with Crippen LogP contribution < -0.4 is 0 Å². The lowest BCUT2D eigenvalue weighted by Gasteiger charge is -2.25. The molecule has 0 aromatic heterocycles. The Balaban J connectivity index is 2.51. The van der Waals surface area contributed by atoms with Crippen LogP contribution in [0.1, 0.15) is 39.5 Å². The standard InChI is InChI=1S/C10H18O/c1-8(2)7-9-5-4-6-10(9,3)11/h9,11H,1,4-7H2,2-3H3. The van der Waals surface area contributed by atoms with Crippen molar-refractivity contribution in [3.63, 3.8) is 0 Å². The van der Waals surface area contributed by atoms with Crippen LogP contribution in [0.4, 0.5) is 0 Å². The second-order valence-electron chi connectivity index (χ2n) is 4.11. The second-order valence-corrected chi connectivity index (χ2v) is 4.11. The van der Waals surface area contributed by atoms with E-state index in [1.165, 1.54) is 18.4 Å². The van der Waals surface area contributed by atoms with E-state index >= 15 is 0 Å². The van der Waals surface area contributed by atoms with Crippen LogP contribution in [0, 0.1) is 5.92 Å². The van der Waals surface area contributed by atoms with Gasteiger partial charge >= 0.3 is 0 Å². The average Bonchev–Trinajstić information content (AvgIpc) is 2.10. The lowest BCUT2D eigenvalue weighted by atomic mass is 9.88. The molecule has 2 unspecified atom stereocenters. The summed E-state index contributed by atoms with van der Waals surface area (Å²) in [6.07, 6.45) is 4.29. The van der Waals surface area contributed by atoms with E-state index in [0.717, 1.165) is 12.8 Å². The zero-order valence-electron chi connectivity index (χ0n) is 7.56. The maximum Gasteiger partial charge on any atom is 0.0650 e. The van der Waals surface area contributed by atoms with Gasteiger partial charge in [-0.2, -0.15) is 0 Å². The van der Waals surface area contributed by atoms with Crippen LogP contribution >= 0.6 is 0 Å². The highest BCUT2D eigenvalue weighted by atomic mass is 16.3. The van der Waals surface area contributed by atoms with E-state index in [2.05, 4.69) is 6.58 Å². The van der Waals surface area contributed by atoms with Gasteiger partial charge in [0.1, 0.15) is 0 Å². The van der Waals surface area contributed by atoms with Crippen LogP contribution in [0.25, 0.3) is 0 Å². The molecule has 1 nitrogen and oxygen atoms in total. The first-order valence-corrected chi connectivity index (χ1v) is 4.39. The lowest BCUT2D eigenvalue weighted by molar-refractivity contribution is 0.0214. The summed E-state index contributed by atoms with van der Waals surface area (Å²) in [5.41, 5.74) is 0.774. The minimum Gasteiger partial charge on any atom is -0.390 e. The molecule has 11 heavy (non-hydrogen) atoms. The topological polar surface area (TPSA) is 20.2 Å². The smallest absolute Gasteiger partial charge is 0.0650 e. The zero-order chi connectivity index (χ0) is 8.48. The molecule has 0 amide bonds. The number of hydrogen-bond donors (Lipinski definition) is 1. The quantitative estimate of drug-likeness (QED) is 0.606. The van der Waals surface area contributed by atoms with Crippen molar-refractivity contribution in [2.75, 3.05) is 0 Å². The molecule has 64 valence electrons. The largest absolute Gasteiger partial charge is 0.390 e. The van der Waals surface area contributed by atoms with E-state index in [1.807, 2.05) is 13.8 Å². The van der Waals surface area contributed by atoms with Crippen LogP contribution in [0.15, 0.2) is 12.2 Å². The number of allylic oxidation sites excluding steroid dienone is 1. The van der Waals surface area contributed by atoms with Crippen molar-refractivity contribution in [2.45, 2.75) is 45.1 Å². The lowest BCUT2D eigenvalue weighted by Crippen LogP contribution is -2.28. The molecule has 1 saturated carbocycles. The van der Waals surface area contributed by atoms with E-state index in [1.54, 1.807) is 0 Å². The summed E-state index contributed by atoms with van der Waals surface area (Å²) in [6.45, 7) is 7.86. The minimum atomic E-state index is -0.418. The molecule has 0 aromatic carbocycles. The van der Waals surface area contributed by atoms with E-state index in [0.29, 0.717) is 5.92 Å². The van der Waals surface area contributed by atoms with E-state index < -0.39 is 5.60 Å². The fraction of sp³-hybridized carbons (Fsp3) is 0.800. The molecular formula is C10H18O. The first kappa shape index (κ1) is 8.79. The number of rotatable bonds is 2. The third-order valence-electron chi connectivity index (χ3n) is 2.71. The SMILES string of the molecule is C=C(C)CC1CCCC1(C)O. The highest BCUT2D eigenvalue weighted by Crippen LogP contribution is 2.38. The number of hydrogen-bond acceptors (Lipinski definition) is 1. The Morgan fingerprint density at radius 2 is 2.36 bits per heavy atom. The highest BCUT2D eigenvalue weighted by Gasteiger charge is 2.35. The Morgan fingerprint density at radius 3 is 2.73 bits per heavy atom. The zero-order valence-corrected chi connectivity index (χ0v) is 7.56. The van der Waals surface area contributed by atoms with Gasteiger partial charge < -0.3 is 5.11 Å². The summed E-state index contributed by atoms with van der Waals surface area (Å²) in [4.78, 5) is 0. The predicted molar refractivity (Wildman–Crippen MR) is 47.4 cm³/mol. The van der Waals surface area contributed by atoms with Crippen molar-refractivity contribution in [2.24, 2.45) is 5.92 Å². The Hall–Kier alpha value is -0.300. The normalized spacial score (nSPS) is 37.5. The molecule has 0 saturated heterocycles. The molecule has 1 aliphatic carbocycles. The van der Waals surface area contributed by atoms with Gasteiger partial charge in [-0.05, 0) is 39.0 Å². The van der Waals surface area contributed by atoms with Gasteiger partial charge in [0.25, 0.3) is 0 Å². The molecule has 1 rings (SSSR count). The van der Waals surface area contributed by atoms with Crippen molar-refractivity contribution in [1.82, 2.24) is 0 Å². The van der Waals surface area contributed by atoms with Gasteiger partial charge in [-0.25, -0.2) is 0 Å². The summed E-state index contributed by atoms with van der Waals surface area (Å²) in [5.74, 6) is 0.458. The minimum absolute atomic E-state index is 0.418. The summed E-state index contributed by atoms with van der Waals surface area (Å²) in [7, 11) is 0. The molecule has 2 atom stereocenters. The van der Waals surface area contributed by atoms with Gasteiger partial charge in [0.15, 0.2) is 0 Å². The van der Waals surface area contributed by atoms with Crippen LogP contribution in [0.5, 0.6) is 0 Å². The van der Waals surface area contributed by atoms with Gasteiger partial charge in [0, 0.05) is 0 Å². The van der Waals surface area contributed by atoms with Crippen molar-refractivity contribution in [1.29, 1.82) is 0 Å². The second kappa shape index (κ2) is 2.98. The third-order valence-corrected chi connectivity index (χ3v) is 2.71. The Labute approximate surface area is 69.1 Å². The predicted octanol–water partition coefficient (Wildman–Crippen LogP) is 2.50. The molecule has 0 aliphatic heterocycles. The van der Waals surface area contributed by atoms with Crippen LogP contribution in [0.3, 0.4) is 0 Å². The van der Waals surface area contributed by atoms with Crippen molar-refractivity contribution in [3.05, 3.63) is 12.2 Å². The summed E-state index contributed by atoms with van der Waals surface area (Å²) in [5, 5.41) is 9.86. The molecule has 0 aromatic rings. The molecule has 0 spiro atoms. The van der Waals surface area contributed by atoms with Crippen LogP contribution in [0.2, 0.25) is 0 Å². The van der Waals surface area contributed by atoms with Gasteiger partial charge in [-0.3, -0.25) is 0 Å². The third kappa shape index (κ3) is 2.06. The fourth-order valence-corrected chi connectivity index (χ4v) is 1.96. The van der Waals surface area contributed by atoms with E-state index in [9.17, 15) is 5.11 Å². The summed E-state index contributed by atoms with van der Waals surface area (Å²) < 4.78 is 0. The summed E-state index contributed by atoms with van der Waals surface area (Å²) >= 11 is 0. The molecule has 1 heteroatoms. The molecule has 0 bridgehead atoms. The van der Waals surface area contributed by atoms with Crippen LogP contribution in [-0.4, -0.2) is 10.7 Å². The Kier molecular flexibility index (Phi) is 2.38. The highest BCUT2D eigenvalue weighted by molar-refractivity contribution is 4.98. The number of aliphatic hydroxyl groups is 1. The molecule has 1 fully saturated rings. The molecular weight excluding hydrogens is 136 g/mol. The average molecular weight is 154 g/mol. The van der Waals surface area contributed by atoms with E-state index in [-0.39, 0.29) is 0 Å². The maximum absolute atomic E-state index is 9.86. The summed E-state index contributed by atoms with van der Waals surface area (Å²) in [6, 6.07) is 0. The molecule has 0 heterocycles. The monoisotopic (exact) mass is 154 g/mol. The fourth-order valence-electron chi connectivity index (χ4n) is 1.96. The Morgan fingerprint density at radius 1 is 1.73 bits per heavy atom. The van der Waals surface area contributed by atoms with Crippen LogP contribution in [-0.2, 0) is 0 Å². The van der Waals surface area contributed by atoms with Gasteiger partial charge in [-0.1, -0.05) is 12.0 Å². The molecule has 1 N–H and O–H groups in total. The first-order valence-electron chi connectivity index (χ1n) is 4.39. The Bertz CT molecular complexity index is 158. The molecule has 1 aliphatic rings. The van der Waals surface area contributed by atoms with Gasteiger partial charge in [0.2, 0.25) is 0 Å². The van der Waals surface area contributed by atoms with E-state index in [4.69, 9.17) is 0 Å². The maximum atomic E-state index is 9.86. The van der Waals surface area contributed by atoms with Crippen molar-refractivity contribution >= 4 is 0 Å². The molecule has 0 radical (unpaired) electrons. The first-order chi connectivity index (χ1) is 5.02. The van der Waals surface area contributed by atoms with Gasteiger partial charge in [0.05, 0.1) is 5.60 Å². The van der Waals surface area contributed by atoms with Gasteiger partial charge in [-0.15, -0.1) is 6.58 Å².